The summed E-state index contributed by atoms with van der Waals surface area (Å²) in [5.74, 6) is 1.15. The lowest BCUT2D eigenvalue weighted by atomic mass is 9.99. The van der Waals surface area contributed by atoms with E-state index in [1.807, 2.05) is 0 Å². The van der Waals surface area contributed by atoms with Crippen LogP contribution in [-0.4, -0.2) is 10.2 Å². The van der Waals surface area contributed by atoms with Crippen LogP contribution in [0.25, 0.3) is 0 Å². The molecule has 116 valence electrons. The number of hydrogen-bond acceptors (Lipinski definition) is 2. The van der Waals surface area contributed by atoms with Crippen molar-refractivity contribution in [2.45, 2.75) is 90.9 Å². The van der Waals surface area contributed by atoms with Gasteiger partial charge in [-0.25, -0.2) is 0 Å². The summed E-state index contributed by atoms with van der Waals surface area (Å²) in [6, 6.07) is 0. The minimum atomic E-state index is 0.460. The van der Waals surface area contributed by atoms with Crippen LogP contribution >= 0.6 is 0 Å². The number of nitrogens with two attached hydrogens (primary N) is 1. The van der Waals surface area contributed by atoms with Gasteiger partial charge < -0.3 is 5.73 Å². The normalized spacial score (nSPS) is 11.4. The maximum Gasteiger partial charge on any atom is 0.148 e. The van der Waals surface area contributed by atoms with E-state index >= 15 is 0 Å². The van der Waals surface area contributed by atoms with Crippen molar-refractivity contribution in [1.82, 2.24) is 10.2 Å². The number of nitrogen functional groups attached to an aromatic ring is 1. The van der Waals surface area contributed by atoms with E-state index in [1.165, 1.54) is 69.0 Å². The predicted octanol–water partition coefficient (Wildman–Crippen LogP) is 5.19. The Hall–Kier alpha value is -0.990. The average molecular weight is 279 g/mol. The van der Waals surface area contributed by atoms with Gasteiger partial charge in [0.1, 0.15) is 5.82 Å². The minimum Gasteiger partial charge on any atom is -0.382 e. The van der Waals surface area contributed by atoms with Gasteiger partial charge in [0.15, 0.2) is 0 Å². The van der Waals surface area contributed by atoms with E-state index < -0.39 is 0 Å². The first kappa shape index (κ1) is 17.1. The second kappa shape index (κ2) is 9.84. The third kappa shape index (κ3) is 5.98. The standard InChI is InChI=1S/C17H33N3/c1-4-5-6-7-8-9-10-11-12-13-15-16(14(2)3)17(18)20-19-15/h14H,4-13H2,1-3H3,(H3,18,19,20). The molecule has 0 radical (unpaired) electrons. The third-order valence-electron chi connectivity index (χ3n) is 4.02. The number of aryl methyl sites for hydroxylation is 1. The van der Waals surface area contributed by atoms with E-state index in [-0.39, 0.29) is 0 Å². The molecule has 0 unspecified atom stereocenters. The lowest BCUT2D eigenvalue weighted by molar-refractivity contribution is 0.563. The molecule has 3 heteroatoms. The summed E-state index contributed by atoms with van der Waals surface area (Å²) >= 11 is 0. The molecule has 0 amide bonds. The van der Waals surface area contributed by atoms with Gasteiger partial charge in [-0.15, -0.1) is 0 Å². The molecule has 0 aliphatic carbocycles. The number of H-pyrrole nitrogens is 1. The molecule has 0 bridgehead atoms. The molecule has 1 rings (SSSR count). The highest BCUT2D eigenvalue weighted by molar-refractivity contribution is 5.44. The van der Waals surface area contributed by atoms with Gasteiger partial charge in [0.25, 0.3) is 0 Å². The minimum absolute atomic E-state index is 0.460. The first-order valence-electron chi connectivity index (χ1n) is 8.49. The summed E-state index contributed by atoms with van der Waals surface area (Å²) in [5.41, 5.74) is 8.39. The molecule has 0 saturated heterocycles. The molecule has 0 atom stereocenters. The topological polar surface area (TPSA) is 54.7 Å². The van der Waals surface area contributed by atoms with Gasteiger partial charge in [-0.2, -0.15) is 5.10 Å². The van der Waals surface area contributed by atoms with Gasteiger partial charge in [0, 0.05) is 11.3 Å². The Kier molecular flexibility index (Phi) is 8.40. The molecule has 0 aliphatic heterocycles. The third-order valence-corrected chi connectivity index (χ3v) is 4.02. The highest BCUT2D eigenvalue weighted by atomic mass is 15.2. The first-order chi connectivity index (χ1) is 9.66. The van der Waals surface area contributed by atoms with E-state index in [0.717, 1.165) is 6.42 Å². The summed E-state index contributed by atoms with van der Waals surface area (Å²) in [5, 5.41) is 7.25. The Morgan fingerprint density at radius 2 is 1.50 bits per heavy atom. The first-order valence-corrected chi connectivity index (χ1v) is 8.49. The lowest BCUT2D eigenvalue weighted by Crippen LogP contribution is -1.98. The van der Waals surface area contributed by atoms with Gasteiger partial charge in [-0.1, -0.05) is 72.1 Å². The number of hydrogen-bond donors (Lipinski definition) is 2. The molecule has 3 N–H and O–H groups in total. The van der Waals surface area contributed by atoms with E-state index in [4.69, 9.17) is 5.73 Å². The van der Waals surface area contributed by atoms with Crippen LogP contribution in [0.2, 0.25) is 0 Å². The molecular weight excluding hydrogens is 246 g/mol. The van der Waals surface area contributed by atoms with E-state index in [1.54, 1.807) is 0 Å². The molecule has 0 saturated carbocycles. The summed E-state index contributed by atoms with van der Waals surface area (Å²) < 4.78 is 0. The molecule has 0 aliphatic rings. The number of unbranched alkanes of at least 4 members (excludes halogenated alkanes) is 8. The van der Waals surface area contributed by atoms with E-state index in [9.17, 15) is 0 Å². The zero-order chi connectivity index (χ0) is 14.8. The molecule has 0 aromatic carbocycles. The van der Waals surface area contributed by atoms with Crippen molar-refractivity contribution >= 4 is 5.82 Å². The summed E-state index contributed by atoms with van der Waals surface area (Å²) in [6.07, 6.45) is 13.4. The van der Waals surface area contributed by atoms with Gasteiger partial charge in [0.05, 0.1) is 0 Å². The Bertz CT molecular complexity index is 355. The fourth-order valence-corrected chi connectivity index (χ4v) is 2.85. The van der Waals surface area contributed by atoms with Crippen LogP contribution in [0, 0.1) is 0 Å². The predicted molar refractivity (Wildman–Crippen MR) is 88.0 cm³/mol. The molecule has 1 aromatic rings. The fourth-order valence-electron chi connectivity index (χ4n) is 2.85. The van der Waals surface area contributed by atoms with Crippen LogP contribution in [0.1, 0.15) is 95.7 Å². The summed E-state index contributed by atoms with van der Waals surface area (Å²) in [7, 11) is 0. The van der Waals surface area contributed by atoms with Crippen molar-refractivity contribution in [2.75, 3.05) is 5.73 Å². The highest BCUT2D eigenvalue weighted by Gasteiger charge is 2.13. The van der Waals surface area contributed by atoms with Crippen molar-refractivity contribution in [3.63, 3.8) is 0 Å². The van der Waals surface area contributed by atoms with Crippen molar-refractivity contribution in [1.29, 1.82) is 0 Å². The van der Waals surface area contributed by atoms with Crippen LogP contribution in [0.4, 0.5) is 5.82 Å². The lowest BCUT2D eigenvalue weighted by Gasteiger charge is -2.07. The maximum atomic E-state index is 5.91. The number of nitrogens with one attached hydrogen (secondary N) is 1. The molecule has 20 heavy (non-hydrogen) atoms. The number of aromatic amines is 1. The highest BCUT2D eigenvalue weighted by Crippen LogP contribution is 2.24. The Balaban J connectivity index is 2.10. The molecule has 0 fully saturated rings. The van der Waals surface area contributed by atoms with Gasteiger partial charge in [-0.3, -0.25) is 5.10 Å². The van der Waals surface area contributed by atoms with Gasteiger partial charge in [-0.05, 0) is 18.8 Å². The maximum absolute atomic E-state index is 5.91. The molecule has 1 heterocycles. The molecule has 3 nitrogen and oxygen atoms in total. The van der Waals surface area contributed by atoms with Crippen molar-refractivity contribution in [3.8, 4) is 0 Å². The van der Waals surface area contributed by atoms with Crippen molar-refractivity contribution in [3.05, 3.63) is 11.3 Å². The van der Waals surface area contributed by atoms with E-state index in [0.29, 0.717) is 11.7 Å². The van der Waals surface area contributed by atoms with Crippen molar-refractivity contribution in [2.24, 2.45) is 0 Å². The number of aromatic nitrogens is 2. The Morgan fingerprint density at radius 1 is 0.950 bits per heavy atom. The van der Waals surface area contributed by atoms with Crippen LogP contribution < -0.4 is 5.73 Å². The zero-order valence-corrected chi connectivity index (χ0v) is 13.7. The van der Waals surface area contributed by atoms with Gasteiger partial charge >= 0.3 is 0 Å². The number of nitrogens with zero attached hydrogens (tertiary/aromatic N) is 1. The Morgan fingerprint density at radius 3 is 2.05 bits per heavy atom. The number of rotatable bonds is 11. The SMILES string of the molecule is CCCCCCCCCCCc1[nH]nc(N)c1C(C)C. The van der Waals surface area contributed by atoms with Crippen LogP contribution in [0.5, 0.6) is 0 Å². The number of anilines is 1. The molecule has 1 aromatic heterocycles. The van der Waals surface area contributed by atoms with Crippen molar-refractivity contribution < 1.29 is 0 Å². The van der Waals surface area contributed by atoms with Crippen LogP contribution in [0.15, 0.2) is 0 Å². The largest absolute Gasteiger partial charge is 0.382 e. The smallest absolute Gasteiger partial charge is 0.148 e. The zero-order valence-electron chi connectivity index (χ0n) is 13.7. The summed E-state index contributed by atoms with van der Waals surface area (Å²) in [6.45, 7) is 6.63. The molecule has 0 spiro atoms. The van der Waals surface area contributed by atoms with Crippen LogP contribution in [0.3, 0.4) is 0 Å². The van der Waals surface area contributed by atoms with Gasteiger partial charge in [0.2, 0.25) is 0 Å². The second-order valence-corrected chi connectivity index (χ2v) is 6.23. The quantitative estimate of drug-likeness (QED) is 0.548. The average Bonchev–Trinajstić information content (AvgIpc) is 2.78. The van der Waals surface area contributed by atoms with Crippen LogP contribution in [-0.2, 0) is 6.42 Å². The van der Waals surface area contributed by atoms with E-state index in [2.05, 4.69) is 31.0 Å². The summed E-state index contributed by atoms with van der Waals surface area (Å²) in [4.78, 5) is 0. The monoisotopic (exact) mass is 279 g/mol. The Labute approximate surface area is 124 Å². The molecular formula is C17H33N3. The fraction of sp³-hybridized carbons (Fsp3) is 0.824. The second-order valence-electron chi connectivity index (χ2n) is 6.23.